The van der Waals surface area contributed by atoms with Crippen molar-refractivity contribution in [2.45, 2.75) is 61.1 Å². The van der Waals surface area contributed by atoms with Crippen LogP contribution in [0.2, 0.25) is 0 Å². The Bertz CT molecular complexity index is 760. The minimum atomic E-state index is -1.16. The maximum Gasteiger partial charge on any atom is 0.321 e. The van der Waals surface area contributed by atoms with Gasteiger partial charge in [0.1, 0.15) is 12.1 Å². The van der Waals surface area contributed by atoms with E-state index in [9.17, 15) is 28.8 Å². The van der Waals surface area contributed by atoms with Crippen molar-refractivity contribution >= 4 is 59.1 Å². The van der Waals surface area contributed by atoms with Crippen LogP contribution in [0.1, 0.15) is 38.5 Å². The minimum absolute atomic E-state index is 0.0333. The van der Waals surface area contributed by atoms with E-state index in [1.54, 1.807) is 0 Å². The first-order chi connectivity index (χ1) is 16.0. The summed E-state index contributed by atoms with van der Waals surface area (Å²) in [5, 5.41) is 16.4. The molecule has 4 amide bonds. The molecule has 4 atom stereocenters. The number of carbonyl (C=O) groups excluding carboxylic acids is 4. The summed E-state index contributed by atoms with van der Waals surface area (Å²) in [5.41, 5.74) is 10.9. The number of hydrogen-bond donors (Lipinski definition) is 4. The number of carboxylic acid groups (broad SMARTS) is 2. The second kappa shape index (κ2) is 13.1. The quantitative estimate of drug-likeness (QED) is 0.154. The molecule has 0 bridgehead atoms. The van der Waals surface area contributed by atoms with E-state index in [4.69, 9.17) is 21.7 Å². The number of carboxylic acids is 2. The molecule has 12 nitrogen and oxygen atoms in total. The number of nitrogens with two attached hydrogens (primary N) is 2. The van der Waals surface area contributed by atoms with Gasteiger partial charge in [0.15, 0.2) is 0 Å². The van der Waals surface area contributed by atoms with Crippen molar-refractivity contribution in [3.63, 3.8) is 0 Å². The van der Waals surface area contributed by atoms with Crippen LogP contribution in [0.25, 0.3) is 0 Å². The van der Waals surface area contributed by atoms with Crippen molar-refractivity contribution in [3.8, 4) is 0 Å². The molecule has 0 radical (unpaired) electrons. The Kier molecular flexibility index (Phi) is 10.8. The molecule has 0 aromatic heterocycles. The molecule has 2 unspecified atom stereocenters. The van der Waals surface area contributed by atoms with Crippen LogP contribution in [0.4, 0.5) is 0 Å². The summed E-state index contributed by atoms with van der Waals surface area (Å²) in [7, 11) is 0. The van der Waals surface area contributed by atoms with Gasteiger partial charge in [0.2, 0.25) is 23.6 Å². The van der Waals surface area contributed by atoms with E-state index in [0.717, 1.165) is 23.5 Å². The molecule has 34 heavy (non-hydrogen) atoms. The molecule has 2 rings (SSSR count). The number of aliphatic carboxylic acids is 2. The van der Waals surface area contributed by atoms with Crippen LogP contribution in [-0.4, -0.2) is 103 Å². The van der Waals surface area contributed by atoms with Gasteiger partial charge in [0.25, 0.3) is 0 Å². The first kappa shape index (κ1) is 28.1. The highest BCUT2D eigenvalue weighted by Gasteiger charge is 2.40. The molecule has 2 aliphatic rings. The lowest BCUT2D eigenvalue weighted by Crippen LogP contribution is -2.35. The summed E-state index contributed by atoms with van der Waals surface area (Å²) >= 11 is 2.16. The Morgan fingerprint density at radius 1 is 0.765 bits per heavy atom. The Labute approximate surface area is 205 Å². The van der Waals surface area contributed by atoms with Gasteiger partial charge in [0, 0.05) is 37.4 Å². The van der Waals surface area contributed by atoms with Gasteiger partial charge in [-0.2, -0.15) is 0 Å². The summed E-state index contributed by atoms with van der Waals surface area (Å²) in [6, 6.07) is -2.18. The van der Waals surface area contributed by atoms with E-state index in [1.807, 2.05) is 0 Å². The van der Waals surface area contributed by atoms with Crippen LogP contribution < -0.4 is 11.5 Å². The molecule has 2 heterocycles. The third-order valence-corrected chi connectivity index (χ3v) is 8.15. The van der Waals surface area contributed by atoms with Gasteiger partial charge < -0.3 is 21.7 Å². The summed E-state index contributed by atoms with van der Waals surface area (Å²) in [6.07, 6.45) is 2.62. The molecule has 0 spiro atoms. The minimum Gasteiger partial charge on any atom is -0.480 e. The van der Waals surface area contributed by atoms with E-state index in [-0.39, 0.29) is 61.1 Å². The van der Waals surface area contributed by atoms with Crippen LogP contribution in [0.3, 0.4) is 0 Å². The number of thioether (sulfide) groups is 2. The molecular weight excluding hydrogens is 488 g/mol. The van der Waals surface area contributed by atoms with Crippen molar-refractivity contribution in [3.05, 3.63) is 0 Å². The molecule has 2 aliphatic heterocycles. The number of nitrogens with zero attached hydrogens (tertiary/aromatic N) is 2. The van der Waals surface area contributed by atoms with Gasteiger partial charge in [-0.25, -0.2) is 0 Å². The second-order valence-electron chi connectivity index (χ2n) is 8.12. The fourth-order valence-electron chi connectivity index (χ4n) is 3.51. The van der Waals surface area contributed by atoms with Gasteiger partial charge in [-0.05, 0) is 12.8 Å². The summed E-state index contributed by atoms with van der Waals surface area (Å²) in [5.74, 6) is -3.44. The average molecular weight is 519 g/mol. The summed E-state index contributed by atoms with van der Waals surface area (Å²) < 4.78 is 0. The van der Waals surface area contributed by atoms with E-state index in [1.165, 1.54) is 9.80 Å². The maximum absolute atomic E-state index is 12.4. The van der Waals surface area contributed by atoms with Gasteiger partial charge in [-0.15, -0.1) is 23.5 Å². The van der Waals surface area contributed by atoms with E-state index in [0.29, 0.717) is 25.7 Å². The number of carbonyl (C=O) groups is 6. The first-order valence-corrected chi connectivity index (χ1v) is 13.0. The van der Waals surface area contributed by atoms with Crippen molar-refractivity contribution in [2.24, 2.45) is 11.5 Å². The topological polar surface area (TPSA) is 201 Å². The average Bonchev–Trinajstić information content (AvgIpc) is 3.21. The molecular formula is C20H30N4O8S2. The number of rotatable bonds is 15. The van der Waals surface area contributed by atoms with Crippen LogP contribution in [0.15, 0.2) is 0 Å². The molecule has 0 aromatic rings. The zero-order chi connectivity index (χ0) is 25.4. The molecule has 0 aromatic carbocycles. The third kappa shape index (κ3) is 7.68. The Morgan fingerprint density at radius 2 is 1.12 bits per heavy atom. The fraction of sp³-hybridized carbons (Fsp3) is 0.700. The van der Waals surface area contributed by atoms with Crippen molar-refractivity contribution in [2.75, 3.05) is 24.6 Å². The molecule has 0 aliphatic carbocycles. The normalized spacial score (nSPS) is 22.5. The van der Waals surface area contributed by atoms with E-state index < -0.39 is 34.5 Å². The van der Waals surface area contributed by atoms with Crippen LogP contribution in [0, 0.1) is 0 Å². The third-order valence-electron chi connectivity index (χ3n) is 5.51. The van der Waals surface area contributed by atoms with Crippen molar-refractivity contribution in [1.82, 2.24) is 9.80 Å². The molecule has 6 N–H and O–H groups in total. The lowest BCUT2D eigenvalue weighted by molar-refractivity contribution is -0.140. The van der Waals surface area contributed by atoms with Crippen LogP contribution in [0.5, 0.6) is 0 Å². The Balaban J connectivity index is 1.65. The van der Waals surface area contributed by atoms with Gasteiger partial charge >= 0.3 is 11.9 Å². The van der Waals surface area contributed by atoms with Crippen LogP contribution >= 0.6 is 23.5 Å². The van der Waals surface area contributed by atoms with E-state index in [2.05, 4.69) is 0 Å². The summed E-state index contributed by atoms with van der Waals surface area (Å²) in [6.45, 7) is 0.535. The number of likely N-dealkylation sites (tertiary alicyclic amines) is 2. The predicted octanol–water partition coefficient (Wildman–Crippen LogP) is -0.908. The highest BCUT2D eigenvalue weighted by molar-refractivity contribution is 8.01. The number of unbranched alkanes of at least 4 members (excludes halogenated alkanes) is 3. The standard InChI is InChI=1S/C20H30N4O8S2/c21-11(19(29)30)9-33-13-7-15(25)23(17(13)27)5-3-1-2-4-6-24-16(26)8-14(18(24)28)34-10-12(22)20(31)32/h11-14H,1-10,21-22H2,(H,29,30)(H,31,32)/t11-,12-,13?,14?/m0/s1. The van der Waals surface area contributed by atoms with Gasteiger partial charge in [0.05, 0.1) is 10.5 Å². The largest absolute Gasteiger partial charge is 0.480 e. The summed E-state index contributed by atoms with van der Waals surface area (Å²) in [4.78, 5) is 73.0. The molecule has 2 fully saturated rings. The number of imide groups is 2. The lowest BCUT2D eigenvalue weighted by atomic mass is 10.2. The van der Waals surface area contributed by atoms with E-state index >= 15 is 0 Å². The molecule has 190 valence electrons. The van der Waals surface area contributed by atoms with Crippen molar-refractivity contribution in [1.29, 1.82) is 0 Å². The van der Waals surface area contributed by atoms with Crippen LogP contribution in [-0.2, 0) is 28.8 Å². The first-order valence-electron chi connectivity index (χ1n) is 10.9. The fourth-order valence-corrected chi connectivity index (χ4v) is 5.74. The molecule has 0 saturated carbocycles. The second-order valence-corrected chi connectivity index (χ2v) is 10.6. The van der Waals surface area contributed by atoms with Gasteiger partial charge in [-0.3, -0.25) is 38.6 Å². The lowest BCUT2D eigenvalue weighted by Gasteiger charge is -2.16. The Morgan fingerprint density at radius 3 is 1.44 bits per heavy atom. The highest BCUT2D eigenvalue weighted by Crippen LogP contribution is 2.27. The zero-order valence-electron chi connectivity index (χ0n) is 18.6. The number of hydrogen-bond acceptors (Lipinski definition) is 10. The monoisotopic (exact) mass is 518 g/mol. The number of amides is 4. The molecule has 14 heteroatoms. The Hall–Kier alpha value is -2.16. The zero-order valence-corrected chi connectivity index (χ0v) is 20.2. The van der Waals surface area contributed by atoms with Crippen molar-refractivity contribution < 1.29 is 39.0 Å². The molecule has 2 saturated heterocycles. The maximum atomic E-state index is 12.4. The highest BCUT2D eigenvalue weighted by atomic mass is 32.2. The predicted molar refractivity (Wildman–Crippen MR) is 125 cm³/mol. The smallest absolute Gasteiger partial charge is 0.321 e. The SMILES string of the molecule is N[C@@H](CSC1CC(=O)N(CCCCCCN2C(=O)CC(SC[C@H](N)C(=O)O)C2=O)C1=O)C(=O)O. The van der Waals surface area contributed by atoms with Gasteiger partial charge in [-0.1, -0.05) is 12.8 Å².